The Morgan fingerprint density at radius 2 is 1.81 bits per heavy atom. The molecule has 0 radical (unpaired) electrons. The lowest BCUT2D eigenvalue weighted by molar-refractivity contribution is -0.386. The Hall–Kier alpha value is -4.28. The van der Waals surface area contributed by atoms with E-state index >= 15 is 0 Å². The van der Waals surface area contributed by atoms with Gasteiger partial charge in [0.05, 0.1) is 21.5 Å². The first-order valence-corrected chi connectivity index (χ1v) is 9.17. The molecule has 0 aromatic heterocycles. The summed E-state index contributed by atoms with van der Waals surface area (Å²) in [6.45, 7) is 1.88. The Morgan fingerprint density at radius 1 is 1.10 bits per heavy atom. The molecule has 1 amide bonds. The number of carbonyl (C=O) groups excluding carboxylic acids is 2. The molecular formula is C20H17N3O8. The van der Waals surface area contributed by atoms with E-state index in [0.717, 1.165) is 18.2 Å². The second kappa shape index (κ2) is 8.22. The number of aromatic hydroxyl groups is 1. The van der Waals surface area contributed by atoms with Crippen LogP contribution in [-0.2, 0) is 9.59 Å². The van der Waals surface area contributed by atoms with Crippen LogP contribution in [0.3, 0.4) is 0 Å². The average Bonchev–Trinajstić information content (AvgIpc) is 2.98. The highest BCUT2D eigenvalue weighted by Gasteiger charge is 2.46. The molecule has 11 heteroatoms. The zero-order chi connectivity index (χ0) is 22.9. The van der Waals surface area contributed by atoms with Gasteiger partial charge in [-0.15, -0.1) is 0 Å². The van der Waals surface area contributed by atoms with E-state index in [9.17, 15) is 40.0 Å². The molecule has 160 valence electrons. The molecule has 1 unspecified atom stereocenters. The molecule has 2 N–H and O–H groups in total. The van der Waals surface area contributed by atoms with E-state index in [0.29, 0.717) is 6.42 Å². The predicted octanol–water partition coefficient (Wildman–Crippen LogP) is 3.04. The third-order valence-corrected chi connectivity index (χ3v) is 4.85. The van der Waals surface area contributed by atoms with E-state index in [1.165, 1.54) is 29.2 Å². The van der Waals surface area contributed by atoms with Crippen LogP contribution >= 0.6 is 0 Å². The van der Waals surface area contributed by atoms with Gasteiger partial charge in [0.2, 0.25) is 0 Å². The maximum Gasteiger partial charge on any atom is 0.311 e. The topological polar surface area (TPSA) is 164 Å². The molecule has 0 saturated carbocycles. The summed E-state index contributed by atoms with van der Waals surface area (Å²) < 4.78 is 0. The quantitative estimate of drug-likeness (QED) is 0.233. The first kappa shape index (κ1) is 21.4. The maximum atomic E-state index is 12.8. The van der Waals surface area contributed by atoms with E-state index in [2.05, 4.69) is 0 Å². The smallest absolute Gasteiger partial charge is 0.311 e. The summed E-state index contributed by atoms with van der Waals surface area (Å²) in [6, 6.07) is 7.14. The normalized spacial score (nSPS) is 17.7. The number of hydrogen-bond donors (Lipinski definition) is 2. The molecule has 1 saturated heterocycles. The molecule has 2 aromatic rings. The van der Waals surface area contributed by atoms with E-state index < -0.39 is 44.8 Å². The summed E-state index contributed by atoms with van der Waals surface area (Å²) >= 11 is 0. The van der Waals surface area contributed by atoms with Gasteiger partial charge in [0, 0.05) is 30.3 Å². The highest BCUT2D eigenvalue weighted by molar-refractivity contribution is 6.46. The van der Waals surface area contributed by atoms with Crippen molar-refractivity contribution in [2.45, 2.75) is 19.4 Å². The Labute approximate surface area is 175 Å². The maximum absolute atomic E-state index is 12.8. The largest absolute Gasteiger partial charge is 0.507 e. The highest BCUT2D eigenvalue weighted by Crippen LogP contribution is 2.41. The molecule has 11 nitrogen and oxygen atoms in total. The summed E-state index contributed by atoms with van der Waals surface area (Å²) in [5.41, 5.74) is -1.23. The SMILES string of the molecule is CCCN1C(=O)C(=O)/C(=C(\O)c2cccc([N+](=O)[O-])c2)C1c1ccc(O)c([N+](=O)[O-])c1. The monoisotopic (exact) mass is 427 g/mol. The molecule has 0 aliphatic carbocycles. The van der Waals surface area contributed by atoms with Crippen LogP contribution in [-0.4, -0.2) is 43.2 Å². The molecule has 1 fully saturated rings. The van der Waals surface area contributed by atoms with Gasteiger partial charge in [0.15, 0.2) is 5.75 Å². The number of likely N-dealkylation sites (tertiary alicyclic amines) is 1. The lowest BCUT2D eigenvalue weighted by atomic mass is 9.94. The van der Waals surface area contributed by atoms with Crippen molar-refractivity contribution >= 4 is 28.8 Å². The summed E-state index contributed by atoms with van der Waals surface area (Å²) in [6.07, 6.45) is 0.459. The summed E-state index contributed by atoms with van der Waals surface area (Å²) in [5, 5.41) is 42.9. The van der Waals surface area contributed by atoms with Crippen molar-refractivity contribution in [1.82, 2.24) is 4.90 Å². The predicted molar refractivity (Wildman–Crippen MR) is 107 cm³/mol. The summed E-state index contributed by atoms with van der Waals surface area (Å²) in [7, 11) is 0. The van der Waals surface area contributed by atoms with Crippen LogP contribution in [0.15, 0.2) is 48.0 Å². The lowest BCUT2D eigenvalue weighted by Crippen LogP contribution is -2.30. The van der Waals surface area contributed by atoms with Gasteiger partial charge in [-0.2, -0.15) is 0 Å². The van der Waals surface area contributed by atoms with Crippen LogP contribution in [0.2, 0.25) is 0 Å². The van der Waals surface area contributed by atoms with Crippen LogP contribution in [0.1, 0.15) is 30.5 Å². The Kier molecular flexibility index (Phi) is 5.68. The van der Waals surface area contributed by atoms with E-state index in [1.807, 2.05) is 0 Å². The number of nitrogens with zero attached hydrogens (tertiary/aromatic N) is 3. The van der Waals surface area contributed by atoms with Gasteiger partial charge in [0.25, 0.3) is 17.4 Å². The van der Waals surface area contributed by atoms with Crippen molar-refractivity contribution in [3.05, 3.63) is 79.4 Å². The molecule has 1 aliphatic heterocycles. The number of phenolic OH excluding ortho intramolecular Hbond substituents is 1. The number of aliphatic hydroxyl groups is 1. The number of amides is 1. The zero-order valence-electron chi connectivity index (χ0n) is 16.2. The number of non-ortho nitro benzene ring substituents is 1. The van der Waals surface area contributed by atoms with Crippen molar-refractivity contribution < 1.29 is 29.6 Å². The molecule has 31 heavy (non-hydrogen) atoms. The van der Waals surface area contributed by atoms with Gasteiger partial charge >= 0.3 is 5.69 Å². The third kappa shape index (κ3) is 3.80. The number of phenols is 1. The molecular weight excluding hydrogens is 410 g/mol. The van der Waals surface area contributed by atoms with Gasteiger partial charge in [-0.1, -0.05) is 25.1 Å². The second-order valence-corrected chi connectivity index (χ2v) is 6.81. The average molecular weight is 427 g/mol. The molecule has 1 heterocycles. The van der Waals surface area contributed by atoms with E-state index in [1.54, 1.807) is 6.92 Å². The van der Waals surface area contributed by atoms with Crippen LogP contribution < -0.4 is 0 Å². The number of hydrogen-bond acceptors (Lipinski definition) is 8. The fraction of sp³-hybridized carbons (Fsp3) is 0.200. The van der Waals surface area contributed by atoms with Crippen molar-refractivity contribution in [3.63, 3.8) is 0 Å². The fourth-order valence-corrected chi connectivity index (χ4v) is 3.48. The van der Waals surface area contributed by atoms with Crippen molar-refractivity contribution in [2.24, 2.45) is 0 Å². The standard InChI is InChI=1S/C20H17N3O8/c1-2-8-21-17(11-6-7-15(24)14(10-11)23(30)31)16(19(26)20(21)27)18(25)12-4-3-5-13(9-12)22(28)29/h3-7,9-10,17,24-25H,2,8H2,1H3/b18-16-. The van der Waals surface area contributed by atoms with Crippen molar-refractivity contribution in [3.8, 4) is 5.75 Å². The van der Waals surface area contributed by atoms with E-state index in [4.69, 9.17) is 0 Å². The Bertz CT molecular complexity index is 1140. The highest BCUT2D eigenvalue weighted by atomic mass is 16.6. The number of carbonyl (C=O) groups is 2. The van der Waals surface area contributed by atoms with Crippen molar-refractivity contribution in [2.75, 3.05) is 6.54 Å². The first-order chi connectivity index (χ1) is 14.7. The van der Waals surface area contributed by atoms with Gasteiger partial charge in [-0.05, 0) is 18.1 Å². The van der Waals surface area contributed by atoms with Gasteiger partial charge < -0.3 is 15.1 Å². The van der Waals surface area contributed by atoms with Crippen molar-refractivity contribution in [1.29, 1.82) is 0 Å². The van der Waals surface area contributed by atoms with Gasteiger partial charge in [-0.3, -0.25) is 29.8 Å². The molecule has 0 spiro atoms. The number of aliphatic hydroxyl groups excluding tert-OH is 1. The molecule has 3 rings (SSSR count). The number of nitro benzene ring substituents is 2. The third-order valence-electron chi connectivity index (χ3n) is 4.85. The molecule has 1 aliphatic rings. The Morgan fingerprint density at radius 3 is 2.42 bits per heavy atom. The number of benzene rings is 2. The number of rotatable bonds is 6. The fourth-order valence-electron chi connectivity index (χ4n) is 3.48. The van der Waals surface area contributed by atoms with E-state index in [-0.39, 0.29) is 28.9 Å². The van der Waals surface area contributed by atoms with Crippen LogP contribution in [0.5, 0.6) is 5.75 Å². The minimum atomic E-state index is -1.17. The van der Waals surface area contributed by atoms with Crippen LogP contribution in [0.4, 0.5) is 11.4 Å². The second-order valence-electron chi connectivity index (χ2n) is 6.81. The zero-order valence-corrected chi connectivity index (χ0v) is 16.2. The summed E-state index contributed by atoms with van der Waals surface area (Å²) in [5.74, 6) is -3.16. The van der Waals surface area contributed by atoms with Gasteiger partial charge in [0.1, 0.15) is 5.76 Å². The lowest BCUT2D eigenvalue weighted by Gasteiger charge is -2.24. The first-order valence-electron chi connectivity index (χ1n) is 9.17. The van der Waals surface area contributed by atoms with Gasteiger partial charge in [-0.25, -0.2) is 0 Å². The molecule has 0 bridgehead atoms. The summed E-state index contributed by atoms with van der Waals surface area (Å²) in [4.78, 5) is 47.4. The Balaban J connectivity index is 2.25. The van der Waals surface area contributed by atoms with Crippen LogP contribution in [0, 0.1) is 20.2 Å². The minimum absolute atomic E-state index is 0.0537. The number of ketones is 1. The number of Topliss-reactive ketones (excluding diaryl/α,β-unsaturated/α-hetero) is 1. The number of nitro groups is 2. The molecule has 1 atom stereocenters. The minimum Gasteiger partial charge on any atom is -0.507 e. The van der Waals surface area contributed by atoms with Crippen LogP contribution in [0.25, 0.3) is 5.76 Å². The molecule has 2 aromatic carbocycles.